The molecule has 10 heteroatoms. The maximum Gasteiger partial charge on any atom is 0.346 e. The van der Waals surface area contributed by atoms with Crippen LogP contribution in [0.3, 0.4) is 0 Å². The summed E-state index contributed by atoms with van der Waals surface area (Å²) >= 11 is 6.16. The van der Waals surface area contributed by atoms with E-state index < -0.39 is 10.0 Å². The maximum atomic E-state index is 13.3. The maximum absolute atomic E-state index is 13.3. The summed E-state index contributed by atoms with van der Waals surface area (Å²) in [5, 5.41) is 5.03. The molecule has 0 spiro atoms. The molecule has 0 bridgehead atoms. The summed E-state index contributed by atoms with van der Waals surface area (Å²) in [5.41, 5.74) is 0.426. The average Bonchev–Trinajstić information content (AvgIpc) is 3.51. The van der Waals surface area contributed by atoms with Crippen LogP contribution in [0, 0.1) is 6.92 Å². The summed E-state index contributed by atoms with van der Waals surface area (Å²) in [6.45, 7) is 3.27. The second-order valence-corrected chi connectivity index (χ2v) is 10.3. The highest BCUT2D eigenvalue weighted by Crippen LogP contribution is 2.38. The predicted molar refractivity (Wildman–Crippen MR) is 114 cm³/mol. The molecule has 2 fully saturated rings. The fourth-order valence-electron chi connectivity index (χ4n) is 4.09. The number of piperidine rings is 1. The molecule has 0 amide bonds. The first-order chi connectivity index (χ1) is 14.3. The van der Waals surface area contributed by atoms with E-state index in [1.165, 1.54) is 8.99 Å². The number of benzene rings is 1. The number of sulfonamides is 1. The summed E-state index contributed by atoms with van der Waals surface area (Å²) in [6, 6.07) is 5.12. The Balaban J connectivity index is 1.65. The Labute approximate surface area is 181 Å². The molecule has 1 saturated heterocycles. The smallest absolute Gasteiger partial charge is 0.346 e. The van der Waals surface area contributed by atoms with Gasteiger partial charge in [-0.05, 0) is 50.3 Å². The monoisotopic (exact) mass is 454 g/mol. The summed E-state index contributed by atoms with van der Waals surface area (Å²) in [7, 11) is -2.10. The molecule has 1 unspecified atom stereocenters. The van der Waals surface area contributed by atoms with E-state index >= 15 is 0 Å². The van der Waals surface area contributed by atoms with E-state index in [-0.39, 0.29) is 22.5 Å². The highest BCUT2D eigenvalue weighted by atomic mass is 35.5. The number of methoxy groups -OCH3 is 1. The van der Waals surface area contributed by atoms with Gasteiger partial charge in [0.1, 0.15) is 5.82 Å². The van der Waals surface area contributed by atoms with Crippen LogP contribution in [0.1, 0.15) is 49.0 Å². The molecule has 1 aromatic carbocycles. The number of nitrogens with zero attached hydrogens (tertiary/aromatic N) is 4. The van der Waals surface area contributed by atoms with Gasteiger partial charge in [-0.15, -0.1) is 0 Å². The second-order valence-electron chi connectivity index (χ2n) is 8.02. The quantitative estimate of drug-likeness (QED) is 0.641. The SMILES string of the molecule is COCCn1nc(C2CCCN(S(=O)(=O)c3cccc(Cl)c3C)C2)n(C2CC2)c1=O. The van der Waals surface area contributed by atoms with Gasteiger partial charge in [0.25, 0.3) is 0 Å². The normalized spacial score (nSPS) is 20.6. The third-order valence-electron chi connectivity index (χ3n) is 5.90. The van der Waals surface area contributed by atoms with Gasteiger partial charge in [-0.3, -0.25) is 4.57 Å². The molecule has 1 saturated carbocycles. The van der Waals surface area contributed by atoms with E-state index in [1.54, 1.807) is 36.8 Å². The molecule has 8 nitrogen and oxygen atoms in total. The van der Waals surface area contributed by atoms with E-state index in [9.17, 15) is 13.2 Å². The third kappa shape index (κ3) is 3.95. The number of hydrogen-bond acceptors (Lipinski definition) is 5. The molecule has 0 N–H and O–H groups in total. The Hall–Kier alpha value is -1.68. The highest BCUT2D eigenvalue weighted by molar-refractivity contribution is 7.89. The van der Waals surface area contributed by atoms with Crippen LogP contribution in [0.2, 0.25) is 5.02 Å². The minimum absolute atomic E-state index is 0.120. The molecule has 1 aliphatic heterocycles. The minimum Gasteiger partial charge on any atom is -0.383 e. The van der Waals surface area contributed by atoms with Crippen molar-refractivity contribution in [2.24, 2.45) is 0 Å². The van der Waals surface area contributed by atoms with Gasteiger partial charge in [-0.1, -0.05) is 17.7 Å². The van der Waals surface area contributed by atoms with Gasteiger partial charge in [-0.25, -0.2) is 17.9 Å². The van der Waals surface area contributed by atoms with Crippen LogP contribution >= 0.6 is 11.6 Å². The van der Waals surface area contributed by atoms with Gasteiger partial charge in [0.2, 0.25) is 10.0 Å². The lowest BCUT2D eigenvalue weighted by Gasteiger charge is -2.32. The second kappa shape index (κ2) is 8.45. The van der Waals surface area contributed by atoms with Crippen molar-refractivity contribution >= 4 is 21.6 Å². The van der Waals surface area contributed by atoms with Crippen LogP contribution in [-0.2, 0) is 21.3 Å². The van der Waals surface area contributed by atoms with E-state index in [0.29, 0.717) is 49.1 Å². The topological polar surface area (TPSA) is 86.4 Å². The Morgan fingerprint density at radius 3 is 2.73 bits per heavy atom. The van der Waals surface area contributed by atoms with Crippen LogP contribution < -0.4 is 5.69 Å². The van der Waals surface area contributed by atoms with Crippen molar-refractivity contribution in [2.75, 3.05) is 26.8 Å². The summed E-state index contributed by atoms with van der Waals surface area (Å²) in [4.78, 5) is 13.1. The molecular formula is C20H27ClN4O4S. The molecule has 0 radical (unpaired) electrons. The fraction of sp³-hybridized carbons (Fsp3) is 0.600. The predicted octanol–water partition coefficient (Wildman–Crippen LogP) is 2.56. The van der Waals surface area contributed by atoms with E-state index in [0.717, 1.165) is 19.3 Å². The van der Waals surface area contributed by atoms with Gasteiger partial charge < -0.3 is 4.74 Å². The van der Waals surface area contributed by atoms with Gasteiger partial charge in [-0.2, -0.15) is 9.40 Å². The highest BCUT2D eigenvalue weighted by Gasteiger charge is 2.37. The van der Waals surface area contributed by atoms with Gasteiger partial charge >= 0.3 is 5.69 Å². The molecular weight excluding hydrogens is 428 g/mol. The lowest BCUT2D eigenvalue weighted by Crippen LogP contribution is -2.40. The Morgan fingerprint density at radius 2 is 2.03 bits per heavy atom. The van der Waals surface area contributed by atoms with Crippen LogP contribution in [0.15, 0.2) is 27.9 Å². The molecule has 164 valence electrons. The van der Waals surface area contributed by atoms with Crippen molar-refractivity contribution in [3.8, 4) is 0 Å². The third-order valence-corrected chi connectivity index (χ3v) is 8.32. The zero-order chi connectivity index (χ0) is 21.5. The van der Waals surface area contributed by atoms with E-state index in [1.807, 2.05) is 0 Å². The molecule has 30 heavy (non-hydrogen) atoms. The van der Waals surface area contributed by atoms with Crippen molar-refractivity contribution in [3.05, 3.63) is 45.1 Å². The first-order valence-corrected chi connectivity index (χ1v) is 12.1. The van der Waals surface area contributed by atoms with Gasteiger partial charge in [0.15, 0.2) is 0 Å². The summed E-state index contributed by atoms with van der Waals surface area (Å²) < 4.78 is 36.5. The number of hydrogen-bond donors (Lipinski definition) is 0. The largest absolute Gasteiger partial charge is 0.383 e. The minimum atomic E-state index is -3.68. The molecule has 2 heterocycles. The average molecular weight is 455 g/mol. The van der Waals surface area contributed by atoms with Gasteiger partial charge in [0, 0.05) is 37.2 Å². The lowest BCUT2D eigenvalue weighted by atomic mass is 9.99. The zero-order valence-corrected chi connectivity index (χ0v) is 18.8. The zero-order valence-electron chi connectivity index (χ0n) is 17.3. The number of rotatable bonds is 7. The molecule has 2 aliphatic rings. The van der Waals surface area contributed by atoms with E-state index in [2.05, 4.69) is 5.10 Å². The summed E-state index contributed by atoms with van der Waals surface area (Å²) in [6.07, 6.45) is 3.43. The van der Waals surface area contributed by atoms with Gasteiger partial charge in [0.05, 0.1) is 18.0 Å². The fourth-order valence-corrected chi connectivity index (χ4v) is 6.09. The first kappa shape index (κ1) is 21.5. The molecule has 2 aromatic rings. The standard InChI is InChI=1S/C20H27ClN4O4S/c1-14-17(21)6-3-7-18(14)30(27,28)23-10-4-5-15(13-23)19-22-24(11-12-29-2)20(26)25(19)16-8-9-16/h3,6-7,15-16H,4-5,8-13H2,1-2H3. The van der Waals surface area contributed by atoms with Crippen molar-refractivity contribution in [1.29, 1.82) is 0 Å². The first-order valence-electron chi connectivity index (χ1n) is 10.3. The number of ether oxygens (including phenoxy) is 1. The van der Waals surface area contributed by atoms with E-state index in [4.69, 9.17) is 16.3 Å². The number of aromatic nitrogens is 3. The summed E-state index contributed by atoms with van der Waals surface area (Å²) in [5.74, 6) is 0.575. The van der Waals surface area contributed by atoms with Crippen molar-refractivity contribution in [2.45, 2.75) is 56.0 Å². The number of halogens is 1. The molecule has 1 atom stereocenters. The van der Waals surface area contributed by atoms with Crippen LogP contribution in [0.5, 0.6) is 0 Å². The van der Waals surface area contributed by atoms with Crippen molar-refractivity contribution < 1.29 is 13.2 Å². The Morgan fingerprint density at radius 1 is 1.27 bits per heavy atom. The van der Waals surface area contributed by atoms with Crippen molar-refractivity contribution in [3.63, 3.8) is 0 Å². The van der Waals surface area contributed by atoms with Crippen LogP contribution in [0.4, 0.5) is 0 Å². The Bertz CT molecular complexity index is 1090. The molecule has 1 aliphatic carbocycles. The Kier molecular flexibility index (Phi) is 6.07. The lowest BCUT2D eigenvalue weighted by molar-refractivity contribution is 0.182. The van der Waals surface area contributed by atoms with Crippen LogP contribution in [-0.4, -0.2) is 53.9 Å². The molecule has 4 rings (SSSR count). The van der Waals surface area contributed by atoms with Crippen LogP contribution in [0.25, 0.3) is 0 Å². The van der Waals surface area contributed by atoms with Crippen molar-refractivity contribution in [1.82, 2.24) is 18.7 Å². The molecule has 1 aromatic heterocycles.